The maximum Gasteiger partial charge on any atom is 0.413 e. The van der Waals surface area contributed by atoms with Crippen LogP contribution in [0, 0.1) is 12.3 Å². The van der Waals surface area contributed by atoms with Crippen LogP contribution >= 0.6 is 23.1 Å². The van der Waals surface area contributed by atoms with Gasteiger partial charge < -0.3 is 14.6 Å². The van der Waals surface area contributed by atoms with Gasteiger partial charge in [0.1, 0.15) is 11.4 Å². The second-order valence-electron chi connectivity index (χ2n) is 9.87. The largest absolute Gasteiger partial charge is 0.479 e. The molecule has 2 unspecified atom stereocenters. The molecule has 0 bridgehead atoms. The van der Waals surface area contributed by atoms with E-state index in [4.69, 9.17) is 14.9 Å². The van der Waals surface area contributed by atoms with Crippen LogP contribution in [0.2, 0.25) is 0 Å². The summed E-state index contributed by atoms with van der Waals surface area (Å²) in [7, 11) is -4.38. The van der Waals surface area contributed by atoms with Crippen LogP contribution in [0.25, 0.3) is 11.1 Å². The summed E-state index contributed by atoms with van der Waals surface area (Å²) in [6, 6.07) is 15.6. The first-order valence-electron chi connectivity index (χ1n) is 12.2. The number of carbonyl (C=O) groups excluding carboxylic acids is 1. The highest BCUT2D eigenvalue weighted by Gasteiger charge is 2.38. The van der Waals surface area contributed by atoms with Gasteiger partial charge in [-0.25, -0.2) is 18.0 Å². The number of aliphatic carboxylic acids is 1. The maximum absolute atomic E-state index is 14.3. The molecule has 214 valence electrons. The number of alkyl carbamates (subject to hydrolysis) is 1. The van der Waals surface area contributed by atoms with E-state index in [9.17, 15) is 23.1 Å². The number of sulfone groups is 1. The van der Waals surface area contributed by atoms with Crippen molar-refractivity contribution in [2.45, 2.75) is 60.9 Å². The first-order valence-corrected chi connectivity index (χ1v) is 15.8. The minimum Gasteiger partial charge on any atom is -0.479 e. The molecule has 40 heavy (non-hydrogen) atoms. The number of nitrogens with one attached hydrogen (secondary N) is 2. The number of carbonyl (C=O) groups is 2. The zero-order valence-corrected chi connectivity index (χ0v) is 25.4. The molecule has 0 aliphatic rings. The minimum atomic E-state index is -4.38. The maximum atomic E-state index is 14.3. The van der Waals surface area contributed by atoms with Crippen molar-refractivity contribution >= 4 is 50.8 Å². The Balaban J connectivity index is 2.15. The van der Waals surface area contributed by atoms with Crippen LogP contribution in [0.3, 0.4) is 0 Å². The molecule has 0 spiro atoms. The SMILES string of the molecule is CSc1sc(C(=N)NC(=O)OC(C)(C)C)cc1S(=O)(=O)C(OC(C)C(=O)O)c1cccc(C)c1-c1ccccc1. The molecule has 3 N–H and O–H groups in total. The fourth-order valence-corrected chi connectivity index (χ4v) is 8.13. The molecule has 12 heteroatoms. The topological polar surface area (TPSA) is 143 Å². The van der Waals surface area contributed by atoms with Gasteiger partial charge in [0.15, 0.2) is 11.5 Å². The number of carboxylic acids is 1. The summed E-state index contributed by atoms with van der Waals surface area (Å²) in [5.74, 6) is -1.64. The average molecular weight is 605 g/mol. The van der Waals surface area contributed by atoms with Gasteiger partial charge in [0, 0.05) is 5.56 Å². The van der Waals surface area contributed by atoms with E-state index in [1.54, 1.807) is 39.2 Å². The van der Waals surface area contributed by atoms with Crippen molar-refractivity contribution in [1.82, 2.24) is 5.32 Å². The first kappa shape index (κ1) is 31.3. The third kappa shape index (κ3) is 7.30. The van der Waals surface area contributed by atoms with E-state index >= 15 is 0 Å². The Morgan fingerprint density at radius 1 is 1.10 bits per heavy atom. The number of carboxylic acid groups (broad SMARTS) is 1. The second kappa shape index (κ2) is 12.5. The Bertz CT molecular complexity index is 1510. The molecule has 1 aromatic heterocycles. The van der Waals surface area contributed by atoms with Gasteiger partial charge in [-0.05, 0) is 63.6 Å². The predicted molar refractivity (Wildman–Crippen MR) is 157 cm³/mol. The monoisotopic (exact) mass is 604 g/mol. The van der Waals surface area contributed by atoms with Crippen molar-refractivity contribution in [3.05, 3.63) is 70.6 Å². The van der Waals surface area contributed by atoms with Crippen LogP contribution in [0.4, 0.5) is 4.79 Å². The predicted octanol–water partition coefficient (Wildman–Crippen LogP) is 6.26. The van der Waals surface area contributed by atoms with Gasteiger partial charge in [-0.2, -0.15) is 0 Å². The molecule has 0 radical (unpaired) electrons. The molecule has 3 aromatic rings. The Morgan fingerprint density at radius 2 is 1.75 bits per heavy atom. The van der Waals surface area contributed by atoms with Crippen LogP contribution < -0.4 is 5.32 Å². The van der Waals surface area contributed by atoms with E-state index in [-0.39, 0.29) is 15.6 Å². The zero-order chi connectivity index (χ0) is 29.8. The highest BCUT2D eigenvalue weighted by atomic mass is 32.2. The number of benzene rings is 2. The van der Waals surface area contributed by atoms with Crippen LogP contribution in [-0.4, -0.2) is 49.4 Å². The van der Waals surface area contributed by atoms with E-state index in [1.807, 2.05) is 43.3 Å². The fraction of sp³-hybridized carbons (Fsp3) is 0.321. The molecular weight excluding hydrogens is 573 g/mol. The van der Waals surface area contributed by atoms with E-state index in [0.717, 1.165) is 34.2 Å². The number of rotatable bonds is 9. The highest BCUT2D eigenvalue weighted by Crippen LogP contribution is 2.43. The summed E-state index contributed by atoms with van der Waals surface area (Å²) >= 11 is 2.17. The molecule has 2 atom stereocenters. The first-order chi connectivity index (χ1) is 18.7. The van der Waals surface area contributed by atoms with Gasteiger partial charge in [0.25, 0.3) is 0 Å². The lowest BCUT2D eigenvalue weighted by Gasteiger charge is -2.24. The number of thioether (sulfide) groups is 1. The van der Waals surface area contributed by atoms with Crippen molar-refractivity contribution in [3.8, 4) is 11.1 Å². The average Bonchev–Trinajstić information content (AvgIpc) is 3.32. The minimum absolute atomic E-state index is 0.126. The molecular formula is C28H32N2O7S3. The third-order valence-corrected chi connectivity index (χ3v) is 10.0. The van der Waals surface area contributed by atoms with E-state index < -0.39 is 39.0 Å². The number of hydrogen-bond acceptors (Lipinski definition) is 9. The molecule has 9 nitrogen and oxygen atoms in total. The van der Waals surface area contributed by atoms with Crippen molar-refractivity contribution in [2.75, 3.05) is 6.26 Å². The van der Waals surface area contributed by atoms with Crippen molar-refractivity contribution < 1.29 is 32.6 Å². The molecule has 0 aliphatic heterocycles. The highest BCUT2D eigenvalue weighted by molar-refractivity contribution is 8.01. The summed E-state index contributed by atoms with van der Waals surface area (Å²) in [5.41, 5.74) is -0.00314. The molecule has 0 saturated heterocycles. The van der Waals surface area contributed by atoms with E-state index in [2.05, 4.69) is 5.32 Å². The van der Waals surface area contributed by atoms with Gasteiger partial charge in [-0.3, -0.25) is 10.7 Å². The van der Waals surface area contributed by atoms with Gasteiger partial charge in [0.2, 0.25) is 9.84 Å². The Morgan fingerprint density at radius 3 is 2.33 bits per heavy atom. The van der Waals surface area contributed by atoms with Crippen LogP contribution in [0.5, 0.6) is 0 Å². The standard InChI is InChI=1S/C28H32N2O7S3/c1-16-11-10-14-19(22(16)18-12-8-7-9-13-18)25(36-17(2)24(31)32)40(34,35)21-15-20(39-26(21)38-6)23(29)30-27(33)37-28(3,4)5/h7-15,17,25H,1-6H3,(H,31,32)(H2,29,30,33). The summed E-state index contributed by atoms with van der Waals surface area (Å²) < 4.78 is 40.0. The van der Waals surface area contributed by atoms with Crippen LogP contribution in [-0.2, 0) is 24.1 Å². The number of amidine groups is 1. The van der Waals surface area contributed by atoms with E-state index in [1.165, 1.54) is 13.0 Å². The van der Waals surface area contributed by atoms with Crippen molar-refractivity contribution in [2.24, 2.45) is 0 Å². The van der Waals surface area contributed by atoms with E-state index in [0.29, 0.717) is 15.3 Å². The molecule has 1 heterocycles. The summed E-state index contributed by atoms with van der Waals surface area (Å²) in [6.07, 6.45) is -0.589. The van der Waals surface area contributed by atoms with Gasteiger partial charge in [-0.1, -0.05) is 48.5 Å². The van der Waals surface area contributed by atoms with Crippen molar-refractivity contribution in [3.63, 3.8) is 0 Å². The summed E-state index contributed by atoms with van der Waals surface area (Å²) in [6.45, 7) is 8.18. The number of thiophene rings is 1. The lowest BCUT2D eigenvalue weighted by molar-refractivity contribution is -0.150. The fourth-order valence-electron chi connectivity index (χ4n) is 3.85. The van der Waals surface area contributed by atoms with Crippen LogP contribution in [0.15, 0.2) is 63.7 Å². The number of ether oxygens (including phenoxy) is 2. The molecule has 3 rings (SSSR count). The van der Waals surface area contributed by atoms with Gasteiger partial charge >= 0.3 is 12.1 Å². The Hall–Kier alpha value is -3.19. The Kier molecular flexibility index (Phi) is 9.83. The third-order valence-electron chi connectivity index (χ3n) is 5.61. The molecule has 2 aromatic carbocycles. The molecule has 0 fully saturated rings. The van der Waals surface area contributed by atoms with Gasteiger partial charge in [0.05, 0.1) is 14.0 Å². The number of hydrogen-bond donors (Lipinski definition) is 3. The summed E-state index contributed by atoms with van der Waals surface area (Å²) in [5, 5.41) is 20.3. The smallest absolute Gasteiger partial charge is 0.413 e. The normalized spacial score (nSPS) is 13.3. The lowest BCUT2D eigenvalue weighted by atomic mass is 9.95. The van der Waals surface area contributed by atoms with Crippen LogP contribution in [0.1, 0.15) is 49.1 Å². The molecule has 0 aliphatic carbocycles. The molecule has 0 saturated carbocycles. The quantitative estimate of drug-likeness (QED) is 0.148. The van der Waals surface area contributed by atoms with Gasteiger partial charge in [-0.15, -0.1) is 23.1 Å². The van der Waals surface area contributed by atoms with Crippen molar-refractivity contribution in [1.29, 1.82) is 5.41 Å². The number of amides is 1. The lowest BCUT2D eigenvalue weighted by Crippen LogP contribution is -2.36. The molecule has 1 amide bonds. The second-order valence-corrected chi connectivity index (χ2v) is 14.0. The number of aryl methyl sites for hydroxylation is 1. The Labute approximate surface area is 242 Å². The zero-order valence-electron chi connectivity index (χ0n) is 23.0. The summed E-state index contributed by atoms with van der Waals surface area (Å²) in [4.78, 5) is 24.0.